The van der Waals surface area contributed by atoms with Crippen molar-refractivity contribution in [1.82, 2.24) is 9.78 Å². The highest BCUT2D eigenvalue weighted by atomic mass is 16.5. The van der Waals surface area contributed by atoms with Gasteiger partial charge in [0.2, 0.25) is 0 Å². The molecule has 6 nitrogen and oxygen atoms in total. The molecular formula is C18H20N4O2. The van der Waals surface area contributed by atoms with E-state index in [0.29, 0.717) is 42.1 Å². The topological polar surface area (TPSA) is 75.4 Å². The molecule has 24 heavy (non-hydrogen) atoms. The third-order valence-corrected chi connectivity index (χ3v) is 3.64. The fraction of sp³-hybridized carbons (Fsp3) is 0.389. The number of aliphatic hydroxyl groups excluding tert-OH is 1. The Bertz CT molecular complexity index is 764. The zero-order valence-electron chi connectivity index (χ0n) is 13.9. The molecule has 0 radical (unpaired) electrons. The lowest BCUT2D eigenvalue weighted by molar-refractivity contribution is 0.276. The Hall–Kier alpha value is -2.83. The van der Waals surface area contributed by atoms with Crippen LogP contribution in [0.4, 0.5) is 5.69 Å². The summed E-state index contributed by atoms with van der Waals surface area (Å²) in [5, 5.41) is 22.7. The molecule has 0 aliphatic heterocycles. The van der Waals surface area contributed by atoms with Gasteiger partial charge >= 0.3 is 0 Å². The van der Waals surface area contributed by atoms with Crippen molar-refractivity contribution < 1.29 is 9.84 Å². The zero-order chi connectivity index (χ0) is 17.5. The second-order valence-corrected chi connectivity index (χ2v) is 5.27. The molecule has 1 N–H and O–H groups in total. The summed E-state index contributed by atoms with van der Waals surface area (Å²) in [5.74, 6) is 1.15. The molecule has 0 bridgehead atoms. The summed E-state index contributed by atoms with van der Waals surface area (Å²) in [6.45, 7) is 11.9. The van der Waals surface area contributed by atoms with Gasteiger partial charge in [0.15, 0.2) is 11.4 Å². The molecule has 0 atom stereocenters. The molecule has 0 saturated carbocycles. The molecule has 2 rings (SSSR count). The summed E-state index contributed by atoms with van der Waals surface area (Å²) in [4.78, 5) is 3.38. The first-order valence-corrected chi connectivity index (χ1v) is 7.96. The van der Waals surface area contributed by atoms with Crippen molar-refractivity contribution in [2.45, 2.75) is 39.7 Å². The first-order chi connectivity index (χ1) is 11.7. The Morgan fingerprint density at radius 3 is 2.71 bits per heavy atom. The fourth-order valence-electron chi connectivity index (χ4n) is 2.52. The minimum absolute atomic E-state index is 0.110. The molecule has 0 saturated heterocycles. The van der Waals surface area contributed by atoms with Crippen LogP contribution in [-0.4, -0.2) is 21.5 Å². The van der Waals surface area contributed by atoms with Gasteiger partial charge in [-0.25, -0.2) is 4.85 Å². The van der Waals surface area contributed by atoms with Gasteiger partial charge in [-0.15, -0.1) is 0 Å². The van der Waals surface area contributed by atoms with Crippen LogP contribution in [0.1, 0.15) is 37.2 Å². The molecule has 1 aromatic carbocycles. The number of nitrogens with zero attached hydrogens (tertiary/aromatic N) is 4. The van der Waals surface area contributed by atoms with Gasteiger partial charge in [0, 0.05) is 18.7 Å². The molecule has 0 spiro atoms. The van der Waals surface area contributed by atoms with Crippen LogP contribution in [-0.2, 0) is 19.4 Å². The van der Waals surface area contributed by atoms with E-state index in [1.54, 1.807) is 12.1 Å². The molecule has 1 aromatic heterocycles. The maximum absolute atomic E-state index is 9.10. The minimum atomic E-state index is 0.110. The van der Waals surface area contributed by atoms with E-state index in [4.69, 9.17) is 21.7 Å². The SMILES string of the molecule is [C-]#[N+]c1cc(C#N)cc(Oc2c(CC)nn(CCCO)c2CC)c1. The first kappa shape index (κ1) is 17.5. The van der Waals surface area contributed by atoms with Gasteiger partial charge in [-0.2, -0.15) is 10.4 Å². The van der Waals surface area contributed by atoms with Gasteiger partial charge < -0.3 is 9.84 Å². The third kappa shape index (κ3) is 3.73. The molecule has 2 aromatic rings. The molecule has 0 fully saturated rings. The number of aliphatic hydroxyl groups is 1. The van der Waals surface area contributed by atoms with Crippen LogP contribution >= 0.6 is 0 Å². The lowest BCUT2D eigenvalue weighted by Crippen LogP contribution is -2.06. The highest BCUT2D eigenvalue weighted by molar-refractivity contribution is 5.56. The average molecular weight is 324 g/mol. The van der Waals surface area contributed by atoms with Crippen molar-refractivity contribution in [3.63, 3.8) is 0 Å². The Morgan fingerprint density at radius 2 is 2.12 bits per heavy atom. The van der Waals surface area contributed by atoms with Crippen LogP contribution in [0.2, 0.25) is 0 Å². The van der Waals surface area contributed by atoms with Gasteiger partial charge in [-0.1, -0.05) is 13.8 Å². The third-order valence-electron chi connectivity index (χ3n) is 3.64. The number of ether oxygens (including phenoxy) is 1. The monoisotopic (exact) mass is 324 g/mol. The summed E-state index contributed by atoms with van der Waals surface area (Å²) in [6, 6.07) is 6.83. The number of hydrogen-bond acceptors (Lipinski definition) is 4. The van der Waals surface area contributed by atoms with Crippen molar-refractivity contribution in [1.29, 1.82) is 5.26 Å². The molecule has 0 aliphatic rings. The maximum atomic E-state index is 9.10. The summed E-state index contributed by atoms with van der Waals surface area (Å²) in [6.07, 6.45) is 2.08. The van der Waals surface area contributed by atoms with E-state index in [9.17, 15) is 0 Å². The second-order valence-electron chi connectivity index (χ2n) is 5.27. The predicted molar refractivity (Wildman–Crippen MR) is 90.2 cm³/mol. The standard InChI is InChI=1S/C18H20N4O2/c1-4-16-18(17(5-2)22(21-16)7-6-8-23)24-15-10-13(12-19)9-14(11-15)20-3/h9-11,23H,4-8H2,1-2H3. The van der Waals surface area contributed by atoms with Crippen molar-refractivity contribution >= 4 is 5.69 Å². The predicted octanol–water partition coefficient (Wildman–Crippen LogP) is 3.61. The summed E-state index contributed by atoms with van der Waals surface area (Å²) in [7, 11) is 0. The van der Waals surface area contributed by atoms with E-state index >= 15 is 0 Å². The summed E-state index contributed by atoms with van der Waals surface area (Å²) >= 11 is 0. The van der Waals surface area contributed by atoms with E-state index in [0.717, 1.165) is 17.8 Å². The first-order valence-electron chi connectivity index (χ1n) is 7.96. The Morgan fingerprint density at radius 1 is 1.33 bits per heavy atom. The van der Waals surface area contributed by atoms with Crippen LogP contribution in [0.5, 0.6) is 11.5 Å². The fourth-order valence-corrected chi connectivity index (χ4v) is 2.52. The number of aromatic nitrogens is 2. The van der Waals surface area contributed by atoms with E-state index in [-0.39, 0.29) is 6.61 Å². The Balaban J connectivity index is 2.44. The summed E-state index contributed by atoms with van der Waals surface area (Å²) < 4.78 is 7.90. The molecular weight excluding hydrogens is 304 g/mol. The minimum Gasteiger partial charge on any atom is -0.455 e. The van der Waals surface area contributed by atoms with E-state index in [2.05, 4.69) is 9.94 Å². The van der Waals surface area contributed by atoms with E-state index in [1.807, 2.05) is 24.6 Å². The van der Waals surface area contributed by atoms with Crippen molar-refractivity contribution in [3.05, 3.63) is 46.6 Å². The van der Waals surface area contributed by atoms with E-state index < -0.39 is 0 Å². The molecule has 0 amide bonds. The van der Waals surface area contributed by atoms with Crippen molar-refractivity contribution in [2.24, 2.45) is 0 Å². The Kier molecular flexibility index (Phi) is 5.95. The lowest BCUT2D eigenvalue weighted by Gasteiger charge is -2.10. The van der Waals surface area contributed by atoms with Gasteiger partial charge in [-0.05, 0) is 37.5 Å². The number of rotatable bonds is 7. The van der Waals surface area contributed by atoms with Gasteiger partial charge in [0.1, 0.15) is 11.4 Å². The van der Waals surface area contributed by atoms with Crippen molar-refractivity contribution in [2.75, 3.05) is 6.61 Å². The quantitative estimate of drug-likeness (QED) is 0.790. The van der Waals surface area contributed by atoms with Crippen LogP contribution in [0.15, 0.2) is 18.2 Å². The van der Waals surface area contributed by atoms with Crippen LogP contribution in [0, 0.1) is 17.9 Å². The number of benzene rings is 1. The van der Waals surface area contributed by atoms with Gasteiger partial charge in [0.25, 0.3) is 0 Å². The number of hydrogen-bond donors (Lipinski definition) is 1. The highest BCUT2D eigenvalue weighted by Crippen LogP contribution is 2.33. The molecule has 0 aliphatic carbocycles. The van der Waals surface area contributed by atoms with Crippen LogP contribution < -0.4 is 4.74 Å². The largest absolute Gasteiger partial charge is 0.455 e. The normalized spacial score (nSPS) is 10.2. The van der Waals surface area contributed by atoms with Crippen LogP contribution in [0.25, 0.3) is 4.85 Å². The molecule has 1 heterocycles. The van der Waals surface area contributed by atoms with Gasteiger partial charge in [-0.3, -0.25) is 4.68 Å². The maximum Gasteiger partial charge on any atom is 0.192 e. The zero-order valence-corrected chi connectivity index (χ0v) is 13.9. The summed E-state index contributed by atoms with van der Waals surface area (Å²) in [5.41, 5.74) is 2.54. The Labute approximate surface area is 141 Å². The average Bonchev–Trinajstić information content (AvgIpc) is 2.95. The van der Waals surface area contributed by atoms with Crippen LogP contribution in [0.3, 0.4) is 0 Å². The molecule has 6 heteroatoms. The molecule has 124 valence electrons. The van der Waals surface area contributed by atoms with Crippen molar-refractivity contribution in [3.8, 4) is 17.6 Å². The smallest absolute Gasteiger partial charge is 0.192 e. The second kappa shape index (κ2) is 8.14. The van der Waals surface area contributed by atoms with Gasteiger partial charge in [0.05, 0.1) is 18.3 Å². The highest BCUT2D eigenvalue weighted by Gasteiger charge is 2.18. The lowest BCUT2D eigenvalue weighted by atomic mass is 10.2. The number of aryl methyl sites for hydroxylation is 2. The molecule has 0 unspecified atom stereocenters. The van der Waals surface area contributed by atoms with E-state index in [1.165, 1.54) is 6.07 Å². The number of nitriles is 1.